The van der Waals surface area contributed by atoms with Crippen LogP contribution in [0.3, 0.4) is 0 Å². The van der Waals surface area contributed by atoms with Crippen LogP contribution in [0.4, 0.5) is 0 Å². The molecule has 0 fully saturated rings. The minimum atomic E-state index is 0.0977. The predicted octanol–water partition coefficient (Wildman–Crippen LogP) is 3.47. The number of fused-ring (bicyclic) bond motifs is 1. The van der Waals surface area contributed by atoms with Crippen molar-refractivity contribution in [3.63, 3.8) is 0 Å². The monoisotopic (exact) mass is 276 g/mol. The van der Waals surface area contributed by atoms with E-state index >= 15 is 0 Å². The van der Waals surface area contributed by atoms with Gasteiger partial charge in [0.2, 0.25) is 0 Å². The van der Waals surface area contributed by atoms with E-state index in [4.69, 9.17) is 12.2 Å². The number of nitrogens with one attached hydrogen (secondary N) is 1. The number of nitrogens with zero attached hydrogens (tertiary/aromatic N) is 3. The number of imidazole rings is 1. The van der Waals surface area contributed by atoms with Gasteiger partial charge in [0, 0.05) is 17.8 Å². The molecule has 0 aliphatic rings. The van der Waals surface area contributed by atoms with E-state index in [1.165, 1.54) is 0 Å². The number of rotatable bonds is 2. The second-order valence-corrected chi connectivity index (χ2v) is 5.49. The van der Waals surface area contributed by atoms with Crippen LogP contribution >= 0.6 is 23.6 Å². The third-order valence-electron chi connectivity index (χ3n) is 3.01. The molecule has 1 atom stereocenters. The van der Waals surface area contributed by atoms with E-state index in [0.717, 1.165) is 21.7 Å². The van der Waals surface area contributed by atoms with Crippen LogP contribution in [0.5, 0.6) is 0 Å². The minimum Gasteiger partial charge on any atom is -0.329 e. The molecule has 0 bridgehead atoms. The molecule has 18 heavy (non-hydrogen) atoms. The average molecular weight is 276 g/mol. The van der Waals surface area contributed by atoms with Crippen LogP contribution in [0, 0.1) is 11.7 Å². The number of pyridine rings is 1. The van der Waals surface area contributed by atoms with E-state index < -0.39 is 0 Å². The Kier molecular flexibility index (Phi) is 2.76. The van der Waals surface area contributed by atoms with Crippen molar-refractivity contribution < 1.29 is 0 Å². The molecule has 92 valence electrons. The largest absolute Gasteiger partial charge is 0.329 e. The van der Waals surface area contributed by atoms with Crippen molar-refractivity contribution in [1.82, 2.24) is 19.5 Å². The Balaban J connectivity index is 2.26. The molecule has 0 aliphatic heterocycles. The van der Waals surface area contributed by atoms with Crippen LogP contribution in [0.1, 0.15) is 23.5 Å². The lowest BCUT2D eigenvalue weighted by molar-refractivity contribution is 0.639. The van der Waals surface area contributed by atoms with Gasteiger partial charge in [-0.2, -0.15) is 0 Å². The summed E-state index contributed by atoms with van der Waals surface area (Å²) in [5.41, 5.74) is 3.05. The van der Waals surface area contributed by atoms with E-state index in [9.17, 15) is 0 Å². The highest BCUT2D eigenvalue weighted by Crippen LogP contribution is 2.25. The summed E-state index contributed by atoms with van der Waals surface area (Å²) in [4.78, 5) is 12.0. The first-order chi connectivity index (χ1) is 8.68. The summed E-state index contributed by atoms with van der Waals surface area (Å²) in [7, 11) is 0. The fraction of sp³-hybridized carbons (Fsp3) is 0.250. The number of thiazole rings is 1. The molecule has 3 rings (SSSR count). The molecule has 3 aromatic heterocycles. The van der Waals surface area contributed by atoms with Crippen LogP contribution in [0.2, 0.25) is 0 Å². The van der Waals surface area contributed by atoms with Crippen LogP contribution in [-0.2, 0) is 0 Å². The predicted molar refractivity (Wildman–Crippen MR) is 75.6 cm³/mol. The van der Waals surface area contributed by atoms with E-state index in [2.05, 4.69) is 21.9 Å². The van der Waals surface area contributed by atoms with Crippen LogP contribution in [-0.4, -0.2) is 19.5 Å². The average Bonchev–Trinajstić information content (AvgIpc) is 2.96. The Morgan fingerprint density at radius 3 is 2.94 bits per heavy atom. The number of hydrogen-bond donors (Lipinski definition) is 1. The lowest BCUT2D eigenvalue weighted by Crippen LogP contribution is -2.07. The van der Waals surface area contributed by atoms with Crippen molar-refractivity contribution in [2.24, 2.45) is 0 Å². The number of aromatic amines is 1. The van der Waals surface area contributed by atoms with E-state index in [-0.39, 0.29) is 6.04 Å². The van der Waals surface area contributed by atoms with Gasteiger partial charge in [-0.1, -0.05) is 0 Å². The van der Waals surface area contributed by atoms with Gasteiger partial charge in [0.1, 0.15) is 5.01 Å². The summed E-state index contributed by atoms with van der Waals surface area (Å²) in [6.45, 7) is 4.14. The number of H-pyrrole nitrogens is 1. The summed E-state index contributed by atoms with van der Waals surface area (Å²) in [5.74, 6) is 0. The summed E-state index contributed by atoms with van der Waals surface area (Å²) in [6, 6.07) is 2.08. The molecular formula is C12H12N4S2. The molecule has 6 heteroatoms. The lowest BCUT2D eigenvalue weighted by atomic mass is 10.2. The van der Waals surface area contributed by atoms with E-state index in [0.29, 0.717) is 4.77 Å². The molecular weight excluding hydrogens is 264 g/mol. The SMILES string of the molecule is Cc1ccnc2c1[nH]c(=S)n2C(C)c1nccs1. The van der Waals surface area contributed by atoms with Crippen LogP contribution in [0.15, 0.2) is 23.8 Å². The normalized spacial score (nSPS) is 13.0. The molecule has 3 heterocycles. The highest BCUT2D eigenvalue weighted by molar-refractivity contribution is 7.71. The molecule has 4 nitrogen and oxygen atoms in total. The lowest BCUT2D eigenvalue weighted by Gasteiger charge is -2.10. The summed E-state index contributed by atoms with van der Waals surface area (Å²) >= 11 is 7.04. The Hall–Kier alpha value is -1.53. The first kappa shape index (κ1) is 11.6. The zero-order valence-corrected chi connectivity index (χ0v) is 11.7. The van der Waals surface area contributed by atoms with Gasteiger partial charge in [-0.3, -0.25) is 4.57 Å². The molecule has 0 radical (unpaired) electrons. The number of aryl methyl sites for hydroxylation is 1. The summed E-state index contributed by atoms with van der Waals surface area (Å²) in [6.07, 6.45) is 3.62. The molecule has 0 aliphatic carbocycles. The minimum absolute atomic E-state index is 0.0977. The Bertz CT molecular complexity index is 739. The maximum Gasteiger partial charge on any atom is 0.179 e. The smallest absolute Gasteiger partial charge is 0.179 e. The maximum atomic E-state index is 5.41. The molecule has 0 spiro atoms. The Morgan fingerprint density at radius 1 is 1.39 bits per heavy atom. The third-order valence-corrected chi connectivity index (χ3v) is 4.26. The van der Waals surface area contributed by atoms with Gasteiger partial charge >= 0.3 is 0 Å². The topological polar surface area (TPSA) is 46.5 Å². The molecule has 3 aromatic rings. The second kappa shape index (κ2) is 4.29. The van der Waals surface area contributed by atoms with Crippen LogP contribution < -0.4 is 0 Å². The quantitative estimate of drug-likeness (QED) is 0.729. The molecule has 1 unspecified atom stereocenters. The zero-order chi connectivity index (χ0) is 12.7. The molecule has 0 amide bonds. The number of aromatic nitrogens is 4. The van der Waals surface area contributed by atoms with Crippen molar-refractivity contribution >= 4 is 34.7 Å². The second-order valence-electron chi connectivity index (χ2n) is 4.17. The summed E-state index contributed by atoms with van der Waals surface area (Å²) < 4.78 is 2.71. The summed E-state index contributed by atoms with van der Waals surface area (Å²) in [5, 5.41) is 3.01. The van der Waals surface area contributed by atoms with E-state index in [1.54, 1.807) is 11.3 Å². The Morgan fingerprint density at radius 2 is 2.22 bits per heavy atom. The molecule has 0 aromatic carbocycles. The van der Waals surface area contributed by atoms with Gasteiger partial charge in [-0.15, -0.1) is 11.3 Å². The maximum absolute atomic E-state index is 5.41. The van der Waals surface area contributed by atoms with E-state index in [1.807, 2.05) is 35.3 Å². The standard InChI is InChI=1S/C12H12N4S2/c1-7-3-4-13-10-9(7)15-12(17)16(10)8(2)11-14-5-6-18-11/h3-6,8H,1-2H3,(H,15,17). The highest BCUT2D eigenvalue weighted by atomic mass is 32.1. The van der Waals surface area contributed by atoms with Crippen molar-refractivity contribution in [3.8, 4) is 0 Å². The first-order valence-corrected chi connectivity index (χ1v) is 6.92. The molecule has 0 saturated heterocycles. The van der Waals surface area contributed by atoms with Gasteiger partial charge < -0.3 is 4.98 Å². The van der Waals surface area contributed by atoms with Gasteiger partial charge in [-0.25, -0.2) is 9.97 Å². The van der Waals surface area contributed by atoms with Crippen molar-refractivity contribution in [3.05, 3.63) is 39.2 Å². The van der Waals surface area contributed by atoms with Gasteiger partial charge in [-0.05, 0) is 37.7 Å². The fourth-order valence-corrected chi connectivity index (χ4v) is 3.09. The molecule has 0 saturated carbocycles. The number of hydrogen-bond acceptors (Lipinski definition) is 4. The first-order valence-electron chi connectivity index (χ1n) is 5.63. The third kappa shape index (κ3) is 1.69. The van der Waals surface area contributed by atoms with Crippen LogP contribution in [0.25, 0.3) is 11.2 Å². The van der Waals surface area contributed by atoms with Crippen molar-refractivity contribution in [2.45, 2.75) is 19.9 Å². The highest BCUT2D eigenvalue weighted by Gasteiger charge is 2.16. The van der Waals surface area contributed by atoms with Crippen molar-refractivity contribution in [1.29, 1.82) is 0 Å². The van der Waals surface area contributed by atoms with Gasteiger partial charge in [0.05, 0.1) is 11.6 Å². The molecule has 1 N–H and O–H groups in total. The Labute approximate surface area is 113 Å². The zero-order valence-electron chi connectivity index (χ0n) is 10.0. The van der Waals surface area contributed by atoms with Gasteiger partial charge in [0.25, 0.3) is 0 Å². The van der Waals surface area contributed by atoms with Crippen molar-refractivity contribution in [2.75, 3.05) is 0 Å². The van der Waals surface area contributed by atoms with Gasteiger partial charge in [0.15, 0.2) is 10.4 Å². The fourth-order valence-electron chi connectivity index (χ4n) is 2.05.